The smallest absolute Gasteiger partial charge is 0.313 e. The van der Waals surface area contributed by atoms with Gasteiger partial charge in [0, 0.05) is 19.5 Å². The van der Waals surface area contributed by atoms with Crippen LogP contribution < -0.4 is 0 Å². The van der Waals surface area contributed by atoms with Crippen molar-refractivity contribution in [2.24, 2.45) is 11.8 Å². The second-order valence-corrected chi connectivity index (χ2v) is 9.95. The monoisotopic (exact) mass is 473 g/mol. The molecule has 6 nitrogen and oxygen atoms in total. The molecule has 0 saturated carbocycles. The van der Waals surface area contributed by atoms with Gasteiger partial charge in [-0.05, 0) is 44.1 Å². The summed E-state index contributed by atoms with van der Waals surface area (Å²) in [5, 5.41) is 0. The molecule has 0 aliphatic carbocycles. The van der Waals surface area contributed by atoms with Crippen molar-refractivity contribution in [3.8, 4) is 0 Å². The minimum absolute atomic E-state index is 0.165. The topological polar surface area (TPSA) is 72.9 Å². The van der Waals surface area contributed by atoms with Gasteiger partial charge in [0.05, 0.1) is 5.92 Å². The Morgan fingerprint density at radius 3 is 2.32 bits per heavy atom. The van der Waals surface area contributed by atoms with E-state index < -0.39 is 24.1 Å². The predicted octanol–water partition coefficient (Wildman–Crippen LogP) is 5.33. The average molecular weight is 474 g/mol. The third-order valence-corrected chi connectivity index (χ3v) is 6.79. The minimum atomic E-state index is -0.862. The summed E-state index contributed by atoms with van der Waals surface area (Å²) in [6.45, 7) is 7.68. The van der Waals surface area contributed by atoms with E-state index in [1.54, 1.807) is 18.9 Å². The Balaban J connectivity index is 2.23. The summed E-state index contributed by atoms with van der Waals surface area (Å²) in [7, 11) is 1.73. The number of likely N-dealkylation sites (N-methyl/N-ethyl adjacent to an activating group) is 1. The molecule has 1 saturated heterocycles. The molecule has 190 valence electrons. The molecule has 0 bridgehead atoms. The van der Waals surface area contributed by atoms with E-state index in [1.165, 1.54) is 6.42 Å². The molecule has 4 atom stereocenters. The lowest BCUT2D eigenvalue weighted by atomic mass is 9.96. The van der Waals surface area contributed by atoms with Crippen LogP contribution in [-0.2, 0) is 30.3 Å². The first-order chi connectivity index (χ1) is 16.2. The normalized spacial score (nSPS) is 24.9. The van der Waals surface area contributed by atoms with Crippen LogP contribution in [0, 0.1) is 11.8 Å². The molecule has 0 N–H and O–H groups in total. The summed E-state index contributed by atoms with van der Waals surface area (Å²) < 4.78 is 11.6. The van der Waals surface area contributed by atoms with E-state index in [-0.39, 0.29) is 30.3 Å². The number of cyclic esters (lactones) is 2. The molecule has 1 aliphatic heterocycles. The van der Waals surface area contributed by atoms with Crippen LogP contribution in [0.5, 0.6) is 0 Å². The highest BCUT2D eigenvalue weighted by Crippen LogP contribution is 2.24. The second kappa shape index (κ2) is 14.1. The number of unbranched alkanes of at least 4 members (excludes halogenated alkanes) is 4. The fraction of sp³-hybridized carbons (Fsp3) is 0.679. The van der Waals surface area contributed by atoms with E-state index in [2.05, 4.69) is 6.92 Å². The fourth-order valence-electron chi connectivity index (χ4n) is 4.43. The van der Waals surface area contributed by atoms with Crippen molar-refractivity contribution in [2.75, 3.05) is 7.05 Å². The van der Waals surface area contributed by atoms with E-state index in [0.717, 1.165) is 31.2 Å². The van der Waals surface area contributed by atoms with Gasteiger partial charge in [0.1, 0.15) is 6.10 Å². The summed E-state index contributed by atoms with van der Waals surface area (Å²) in [5.41, 5.74) is 1.09. The van der Waals surface area contributed by atoms with Gasteiger partial charge in [-0.3, -0.25) is 14.4 Å². The number of hydrogen-bond acceptors (Lipinski definition) is 5. The van der Waals surface area contributed by atoms with Crippen molar-refractivity contribution in [1.29, 1.82) is 0 Å². The van der Waals surface area contributed by atoms with Crippen molar-refractivity contribution in [1.82, 2.24) is 4.90 Å². The maximum Gasteiger partial charge on any atom is 0.313 e. The molecule has 1 aliphatic rings. The molecule has 1 amide bonds. The molecule has 2 rings (SSSR count). The standard InChI is InChI=1S/C28H43NO5/c1-6-7-8-9-13-16-24-21(4)28(32)34-26(20(2)3)27(31)29(5)23(17-18-25(30)33-24)19-22-14-11-10-12-15-22/h10-12,14-15,20-21,23-24,26H,6-9,13,16-19H2,1-5H3/t21-,23+,24?,26?/m0/s1. The summed E-state index contributed by atoms with van der Waals surface area (Å²) in [6, 6.07) is 9.71. The van der Waals surface area contributed by atoms with Crippen LogP contribution in [0.2, 0.25) is 0 Å². The molecule has 2 unspecified atom stereocenters. The van der Waals surface area contributed by atoms with Gasteiger partial charge in [-0.25, -0.2) is 0 Å². The van der Waals surface area contributed by atoms with Gasteiger partial charge < -0.3 is 14.4 Å². The van der Waals surface area contributed by atoms with Gasteiger partial charge in [0.2, 0.25) is 0 Å². The fourth-order valence-corrected chi connectivity index (χ4v) is 4.43. The lowest BCUT2D eigenvalue weighted by Gasteiger charge is -2.34. The number of benzene rings is 1. The zero-order chi connectivity index (χ0) is 25.1. The van der Waals surface area contributed by atoms with Gasteiger partial charge in [0.25, 0.3) is 5.91 Å². The van der Waals surface area contributed by atoms with Crippen molar-refractivity contribution < 1.29 is 23.9 Å². The Morgan fingerprint density at radius 1 is 1.00 bits per heavy atom. The number of hydrogen-bond donors (Lipinski definition) is 0. The van der Waals surface area contributed by atoms with Gasteiger partial charge in [-0.2, -0.15) is 0 Å². The number of carbonyl (C=O) groups is 3. The molecule has 34 heavy (non-hydrogen) atoms. The van der Waals surface area contributed by atoms with E-state index >= 15 is 0 Å². The molecule has 1 heterocycles. The maximum atomic E-state index is 13.4. The average Bonchev–Trinajstić information content (AvgIpc) is 2.82. The Labute approximate surface area is 205 Å². The molecule has 1 aromatic rings. The second-order valence-electron chi connectivity index (χ2n) is 9.95. The van der Waals surface area contributed by atoms with Gasteiger partial charge in [0.15, 0.2) is 6.10 Å². The zero-order valence-corrected chi connectivity index (χ0v) is 21.6. The van der Waals surface area contributed by atoms with Crippen molar-refractivity contribution in [3.63, 3.8) is 0 Å². The maximum absolute atomic E-state index is 13.4. The molecular formula is C28H43NO5. The van der Waals surface area contributed by atoms with Crippen LogP contribution in [0.25, 0.3) is 0 Å². The summed E-state index contributed by atoms with van der Waals surface area (Å²) >= 11 is 0. The molecule has 1 fully saturated rings. The van der Waals surface area contributed by atoms with E-state index in [4.69, 9.17) is 9.47 Å². The number of amides is 1. The summed E-state index contributed by atoms with van der Waals surface area (Å²) in [5.74, 6) is -1.80. The molecular weight excluding hydrogens is 430 g/mol. The molecule has 0 aromatic heterocycles. The quantitative estimate of drug-likeness (QED) is 0.358. The lowest BCUT2D eigenvalue weighted by molar-refractivity contribution is -0.174. The van der Waals surface area contributed by atoms with Crippen molar-refractivity contribution >= 4 is 17.8 Å². The number of esters is 2. The highest BCUT2D eigenvalue weighted by molar-refractivity contribution is 5.85. The van der Waals surface area contributed by atoms with E-state index in [1.807, 2.05) is 44.2 Å². The molecule has 1 aromatic carbocycles. The van der Waals surface area contributed by atoms with E-state index in [9.17, 15) is 14.4 Å². The summed E-state index contributed by atoms with van der Waals surface area (Å²) in [4.78, 5) is 40.9. The minimum Gasteiger partial charge on any atom is -0.461 e. The van der Waals surface area contributed by atoms with Gasteiger partial charge in [-0.15, -0.1) is 0 Å². The third kappa shape index (κ3) is 8.44. The first kappa shape index (κ1) is 27.9. The first-order valence-corrected chi connectivity index (χ1v) is 12.9. The number of nitrogens with zero attached hydrogens (tertiary/aromatic N) is 1. The van der Waals surface area contributed by atoms with Crippen LogP contribution in [0.3, 0.4) is 0 Å². The van der Waals surface area contributed by atoms with Crippen LogP contribution in [0.15, 0.2) is 30.3 Å². The van der Waals surface area contributed by atoms with Crippen molar-refractivity contribution in [3.05, 3.63) is 35.9 Å². The Hall–Kier alpha value is -2.37. The van der Waals surface area contributed by atoms with Crippen LogP contribution in [0.4, 0.5) is 0 Å². The highest BCUT2D eigenvalue weighted by Gasteiger charge is 2.37. The predicted molar refractivity (Wildman–Crippen MR) is 133 cm³/mol. The van der Waals surface area contributed by atoms with Crippen molar-refractivity contribution in [2.45, 2.75) is 104 Å². The number of ether oxygens (including phenoxy) is 2. The van der Waals surface area contributed by atoms with Crippen LogP contribution in [0.1, 0.15) is 84.6 Å². The molecule has 0 spiro atoms. The third-order valence-electron chi connectivity index (χ3n) is 6.79. The SMILES string of the molecule is CCCCCCCC1OC(=O)CC[C@H](Cc2ccccc2)N(C)C(=O)C(C(C)C)OC(=O)[C@H]1C. The lowest BCUT2D eigenvalue weighted by Crippen LogP contribution is -2.49. The number of rotatable bonds is 9. The Bertz CT molecular complexity index is 778. The molecule has 6 heteroatoms. The van der Waals surface area contributed by atoms with E-state index in [0.29, 0.717) is 19.3 Å². The zero-order valence-electron chi connectivity index (χ0n) is 21.6. The van der Waals surface area contributed by atoms with Gasteiger partial charge >= 0.3 is 11.9 Å². The van der Waals surface area contributed by atoms with Crippen LogP contribution >= 0.6 is 0 Å². The highest BCUT2D eigenvalue weighted by atomic mass is 16.6. The van der Waals surface area contributed by atoms with Crippen LogP contribution in [-0.4, -0.2) is 48.0 Å². The summed E-state index contributed by atoms with van der Waals surface area (Å²) in [6.07, 6.45) is 5.94. The first-order valence-electron chi connectivity index (χ1n) is 12.9. The Kier molecular flexibility index (Phi) is 11.6. The number of carbonyl (C=O) groups excluding carboxylic acids is 3. The van der Waals surface area contributed by atoms with Gasteiger partial charge in [-0.1, -0.05) is 76.8 Å². The Morgan fingerprint density at radius 2 is 1.68 bits per heavy atom. The molecule has 0 radical (unpaired) electrons. The largest absolute Gasteiger partial charge is 0.461 e.